The summed E-state index contributed by atoms with van der Waals surface area (Å²) in [7, 11) is 0. The molecular weight excluding hydrogens is 403 g/mol. The maximum absolute atomic E-state index is 13.6. The largest absolute Gasteiger partial charge is 0.431 e. The van der Waals surface area contributed by atoms with Gasteiger partial charge >= 0.3 is 0 Å². The number of piperidine rings is 1. The molecule has 32 heavy (non-hydrogen) atoms. The quantitative estimate of drug-likeness (QED) is 0.497. The highest BCUT2D eigenvalue weighted by atomic mass is 19.1. The van der Waals surface area contributed by atoms with Crippen molar-refractivity contribution in [3.63, 3.8) is 0 Å². The molecule has 5 rings (SSSR count). The van der Waals surface area contributed by atoms with Gasteiger partial charge in [0, 0.05) is 53.2 Å². The number of amides is 1. The van der Waals surface area contributed by atoms with Crippen molar-refractivity contribution in [2.24, 2.45) is 11.8 Å². The van der Waals surface area contributed by atoms with Crippen LogP contribution in [0.1, 0.15) is 64.9 Å². The van der Waals surface area contributed by atoms with Gasteiger partial charge in [-0.3, -0.25) is 4.79 Å². The Morgan fingerprint density at radius 3 is 2.81 bits per heavy atom. The molecule has 1 amide bonds. The zero-order valence-corrected chi connectivity index (χ0v) is 19.3. The zero-order chi connectivity index (χ0) is 22.5. The number of aromatic nitrogens is 1. The molecule has 1 saturated carbocycles. The first-order valence-electron chi connectivity index (χ1n) is 12.0. The van der Waals surface area contributed by atoms with Crippen LogP contribution < -0.4 is 0 Å². The molecule has 2 aromatic heterocycles. The molecule has 1 aliphatic carbocycles. The van der Waals surface area contributed by atoms with E-state index in [4.69, 9.17) is 4.42 Å². The number of fused-ring (bicyclic) bond motifs is 2. The van der Waals surface area contributed by atoms with E-state index in [0.29, 0.717) is 30.1 Å². The van der Waals surface area contributed by atoms with E-state index in [1.165, 1.54) is 25.3 Å². The van der Waals surface area contributed by atoms with E-state index >= 15 is 0 Å². The third-order valence-electron chi connectivity index (χ3n) is 7.91. The fraction of sp³-hybridized carbons (Fsp3) is 0.519. The van der Waals surface area contributed by atoms with Crippen LogP contribution in [-0.2, 0) is 10.2 Å². The number of carbonyl (C=O) groups excluding carboxylic acids is 1. The molecule has 1 aromatic carbocycles. The molecule has 1 saturated heterocycles. The topological polar surface area (TPSA) is 49.2 Å². The van der Waals surface area contributed by atoms with Crippen LogP contribution in [0.15, 0.2) is 40.9 Å². The van der Waals surface area contributed by atoms with Gasteiger partial charge in [0.25, 0.3) is 6.01 Å². The van der Waals surface area contributed by atoms with Crippen LogP contribution in [0.3, 0.4) is 0 Å². The number of likely N-dealkylation sites (tertiary alicyclic amines) is 1. The van der Waals surface area contributed by atoms with Crippen LogP contribution in [0.4, 0.5) is 4.39 Å². The molecule has 0 spiro atoms. The predicted octanol–water partition coefficient (Wildman–Crippen LogP) is 6.66. The lowest BCUT2D eigenvalue weighted by Crippen LogP contribution is -2.52. The van der Waals surface area contributed by atoms with E-state index < -0.39 is 6.01 Å². The number of H-pyrrole nitrogens is 1. The number of hydrogen-bond donors (Lipinski definition) is 1. The molecule has 1 aliphatic heterocycles. The van der Waals surface area contributed by atoms with Crippen LogP contribution in [0.2, 0.25) is 0 Å². The van der Waals surface area contributed by atoms with Crippen molar-refractivity contribution in [3.8, 4) is 11.3 Å². The number of nitrogens with one attached hydrogen (secondary N) is 1. The standard InChI is InChI=1S/C27H33FN2O2/c1-17-7-4-11-22-18(17)9-6-14-30(22)25(31)15-27(2,3)20-16-29-21-10-5-8-19(26(20)21)23-12-13-24(28)32-23/h5,8,10,12-13,16-18,22,29H,4,6-7,9,11,14-15H2,1-3H3. The molecule has 4 nitrogen and oxygen atoms in total. The van der Waals surface area contributed by atoms with E-state index in [2.05, 4.69) is 30.7 Å². The summed E-state index contributed by atoms with van der Waals surface area (Å²) in [5.41, 5.74) is 2.51. The van der Waals surface area contributed by atoms with Gasteiger partial charge in [0.05, 0.1) is 0 Å². The van der Waals surface area contributed by atoms with E-state index in [0.717, 1.165) is 41.4 Å². The minimum atomic E-state index is -0.593. The van der Waals surface area contributed by atoms with Gasteiger partial charge in [0.1, 0.15) is 5.76 Å². The molecule has 3 heterocycles. The number of nitrogens with zero attached hydrogens (tertiary/aromatic N) is 1. The summed E-state index contributed by atoms with van der Waals surface area (Å²) in [5, 5.41) is 1.00. The first kappa shape index (κ1) is 21.3. The van der Waals surface area contributed by atoms with Crippen LogP contribution in [0, 0.1) is 17.8 Å². The van der Waals surface area contributed by atoms with Crippen molar-refractivity contribution >= 4 is 16.8 Å². The lowest BCUT2D eigenvalue weighted by molar-refractivity contribution is -0.139. The first-order chi connectivity index (χ1) is 15.3. The van der Waals surface area contributed by atoms with Gasteiger partial charge in [-0.05, 0) is 48.8 Å². The Balaban J connectivity index is 1.45. The van der Waals surface area contributed by atoms with Crippen molar-refractivity contribution < 1.29 is 13.6 Å². The highest BCUT2D eigenvalue weighted by molar-refractivity contribution is 5.97. The Morgan fingerprint density at radius 2 is 2.03 bits per heavy atom. The average Bonchev–Trinajstić information content (AvgIpc) is 3.40. The summed E-state index contributed by atoms with van der Waals surface area (Å²) in [6.45, 7) is 7.52. The minimum Gasteiger partial charge on any atom is -0.431 e. The number of halogens is 1. The van der Waals surface area contributed by atoms with Gasteiger partial charge in [-0.15, -0.1) is 0 Å². The predicted molar refractivity (Wildman–Crippen MR) is 125 cm³/mol. The lowest BCUT2D eigenvalue weighted by atomic mass is 9.71. The molecule has 2 aliphatic rings. The smallest absolute Gasteiger partial charge is 0.278 e. The molecule has 0 radical (unpaired) electrons. The Bertz CT molecular complexity index is 1130. The first-order valence-corrected chi connectivity index (χ1v) is 12.0. The second-order valence-corrected chi connectivity index (χ2v) is 10.5. The second kappa shape index (κ2) is 8.09. The van der Waals surface area contributed by atoms with Crippen molar-refractivity contribution in [1.82, 2.24) is 9.88 Å². The number of furan rings is 1. The minimum absolute atomic E-state index is 0.259. The Hall–Kier alpha value is -2.56. The van der Waals surface area contributed by atoms with E-state index in [9.17, 15) is 9.18 Å². The molecule has 3 atom stereocenters. The number of carbonyl (C=O) groups is 1. The van der Waals surface area contributed by atoms with Gasteiger partial charge in [-0.25, -0.2) is 0 Å². The van der Waals surface area contributed by atoms with Gasteiger partial charge in [0.15, 0.2) is 0 Å². The summed E-state index contributed by atoms with van der Waals surface area (Å²) in [6.07, 6.45) is 8.48. The maximum atomic E-state index is 13.6. The van der Waals surface area contributed by atoms with Crippen LogP contribution in [-0.4, -0.2) is 28.4 Å². The maximum Gasteiger partial charge on any atom is 0.278 e. The molecule has 3 unspecified atom stereocenters. The fourth-order valence-corrected chi connectivity index (χ4v) is 6.25. The Labute approximate surface area is 189 Å². The molecular formula is C27H33FN2O2. The number of benzene rings is 1. The van der Waals surface area contributed by atoms with Crippen LogP contribution in [0.25, 0.3) is 22.2 Å². The highest BCUT2D eigenvalue weighted by Crippen LogP contribution is 2.42. The SMILES string of the molecule is CC1CCCC2C1CCCN2C(=O)CC(C)(C)c1c[nH]c2cccc(-c3ccc(F)o3)c12. The van der Waals surface area contributed by atoms with E-state index in [-0.39, 0.29) is 11.3 Å². The molecule has 170 valence electrons. The van der Waals surface area contributed by atoms with Crippen LogP contribution >= 0.6 is 0 Å². The van der Waals surface area contributed by atoms with E-state index in [1.807, 2.05) is 24.4 Å². The fourth-order valence-electron chi connectivity index (χ4n) is 6.25. The molecule has 1 N–H and O–H groups in total. The molecule has 2 fully saturated rings. The Kier molecular flexibility index (Phi) is 5.39. The van der Waals surface area contributed by atoms with Crippen molar-refractivity contribution in [1.29, 1.82) is 0 Å². The summed E-state index contributed by atoms with van der Waals surface area (Å²) in [4.78, 5) is 19.2. The van der Waals surface area contributed by atoms with Crippen molar-refractivity contribution in [2.45, 2.75) is 70.8 Å². The second-order valence-electron chi connectivity index (χ2n) is 10.5. The molecule has 3 aromatic rings. The summed E-state index contributed by atoms with van der Waals surface area (Å²) in [6, 6.07) is 8.72. The summed E-state index contributed by atoms with van der Waals surface area (Å²) >= 11 is 0. The number of hydrogen-bond acceptors (Lipinski definition) is 2. The zero-order valence-electron chi connectivity index (χ0n) is 19.3. The van der Waals surface area contributed by atoms with Gasteiger partial charge in [-0.2, -0.15) is 4.39 Å². The van der Waals surface area contributed by atoms with E-state index in [1.54, 1.807) is 6.07 Å². The third-order valence-corrected chi connectivity index (χ3v) is 7.91. The molecule has 5 heteroatoms. The molecule has 0 bridgehead atoms. The number of rotatable bonds is 4. The normalized spacial score (nSPS) is 24.0. The lowest BCUT2D eigenvalue weighted by Gasteiger charge is -2.47. The summed E-state index contributed by atoms with van der Waals surface area (Å²) in [5.74, 6) is 2.13. The van der Waals surface area contributed by atoms with Crippen molar-refractivity contribution in [2.75, 3.05) is 6.54 Å². The van der Waals surface area contributed by atoms with Gasteiger partial charge in [-0.1, -0.05) is 45.7 Å². The number of aromatic amines is 1. The monoisotopic (exact) mass is 436 g/mol. The van der Waals surface area contributed by atoms with Gasteiger partial charge < -0.3 is 14.3 Å². The van der Waals surface area contributed by atoms with Crippen molar-refractivity contribution in [3.05, 3.63) is 48.1 Å². The van der Waals surface area contributed by atoms with Gasteiger partial charge in [0.2, 0.25) is 5.91 Å². The highest BCUT2D eigenvalue weighted by Gasteiger charge is 2.40. The Morgan fingerprint density at radius 1 is 1.19 bits per heavy atom. The summed E-state index contributed by atoms with van der Waals surface area (Å²) < 4.78 is 18.9. The third kappa shape index (κ3) is 3.66. The average molecular weight is 437 g/mol. The van der Waals surface area contributed by atoms with Crippen LogP contribution in [0.5, 0.6) is 0 Å².